The van der Waals surface area contributed by atoms with Gasteiger partial charge in [-0.25, -0.2) is 0 Å². The summed E-state index contributed by atoms with van der Waals surface area (Å²) in [5.41, 5.74) is 1.02. The Morgan fingerprint density at radius 2 is 2.23 bits per heavy atom. The van der Waals surface area contributed by atoms with E-state index in [9.17, 15) is 4.79 Å². The summed E-state index contributed by atoms with van der Waals surface area (Å²) in [4.78, 5) is 11.2. The van der Waals surface area contributed by atoms with Crippen molar-refractivity contribution in [3.63, 3.8) is 0 Å². The van der Waals surface area contributed by atoms with Crippen LogP contribution < -0.4 is 5.32 Å². The van der Waals surface area contributed by atoms with E-state index in [1.165, 1.54) is 12.8 Å². The molecule has 0 radical (unpaired) electrons. The highest BCUT2D eigenvalue weighted by Crippen LogP contribution is 2.26. The van der Waals surface area contributed by atoms with Gasteiger partial charge in [0.05, 0.1) is 0 Å². The van der Waals surface area contributed by atoms with E-state index >= 15 is 0 Å². The Kier molecular flexibility index (Phi) is 3.51. The van der Waals surface area contributed by atoms with Crippen LogP contribution >= 0.6 is 12.4 Å². The van der Waals surface area contributed by atoms with Crippen molar-refractivity contribution in [2.45, 2.75) is 44.7 Å². The van der Waals surface area contributed by atoms with Crippen LogP contribution in [0.1, 0.15) is 32.6 Å². The Balaban J connectivity index is 0.000000845. The predicted molar refractivity (Wildman–Crippen MR) is 55.2 cm³/mol. The summed E-state index contributed by atoms with van der Waals surface area (Å²) >= 11 is 0. The summed E-state index contributed by atoms with van der Waals surface area (Å²) < 4.78 is 0. The highest BCUT2D eigenvalue weighted by molar-refractivity contribution is 5.94. The minimum atomic E-state index is 0. The maximum Gasteiger partial charge on any atom is 0.157 e. The molecule has 1 fully saturated rings. The van der Waals surface area contributed by atoms with E-state index in [4.69, 9.17) is 0 Å². The average Bonchev–Trinajstić information content (AvgIpc) is 2.30. The summed E-state index contributed by atoms with van der Waals surface area (Å²) in [5, 5.41) is 3.50. The van der Waals surface area contributed by atoms with Crippen LogP contribution in [0.25, 0.3) is 0 Å². The second-order valence-electron chi connectivity index (χ2n) is 3.79. The molecule has 3 heteroatoms. The lowest BCUT2D eigenvalue weighted by atomic mass is 9.98. The Labute approximate surface area is 85.2 Å². The largest absolute Gasteiger partial charge is 0.307 e. The number of halogens is 1. The summed E-state index contributed by atoms with van der Waals surface area (Å²) in [6.45, 7) is 1.67. The first-order valence-electron chi connectivity index (χ1n) is 4.74. The van der Waals surface area contributed by atoms with Crippen LogP contribution in [0.3, 0.4) is 0 Å². The van der Waals surface area contributed by atoms with Crippen molar-refractivity contribution < 1.29 is 4.79 Å². The number of hydrogen-bond donors (Lipinski definition) is 1. The average molecular weight is 202 g/mol. The van der Waals surface area contributed by atoms with Crippen molar-refractivity contribution in [1.29, 1.82) is 0 Å². The van der Waals surface area contributed by atoms with Gasteiger partial charge >= 0.3 is 0 Å². The first kappa shape index (κ1) is 10.7. The summed E-state index contributed by atoms with van der Waals surface area (Å²) in [7, 11) is 0. The zero-order valence-electron chi connectivity index (χ0n) is 7.88. The number of allylic oxidation sites excluding steroid dienone is 1. The normalized spacial score (nSPS) is 31.6. The van der Waals surface area contributed by atoms with E-state index < -0.39 is 0 Å². The van der Waals surface area contributed by atoms with Crippen molar-refractivity contribution in [2.24, 2.45) is 0 Å². The Hall–Kier alpha value is -0.340. The van der Waals surface area contributed by atoms with Gasteiger partial charge in [-0.15, -0.1) is 12.4 Å². The van der Waals surface area contributed by atoms with Gasteiger partial charge in [0, 0.05) is 17.7 Å². The van der Waals surface area contributed by atoms with Crippen molar-refractivity contribution in [1.82, 2.24) is 5.32 Å². The molecule has 2 aliphatic heterocycles. The van der Waals surface area contributed by atoms with Gasteiger partial charge in [0.15, 0.2) is 5.78 Å². The molecule has 2 aliphatic rings. The fourth-order valence-corrected chi connectivity index (χ4v) is 2.26. The lowest BCUT2D eigenvalue weighted by Gasteiger charge is -2.11. The van der Waals surface area contributed by atoms with Gasteiger partial charge in [-0.1, -0.05) is 6.08 Å². The first-order valence-corrected chi connectivity index (χ1v) is 4.74. The third kappa shape index (κ3) is 2.12. The highest BCUT2D eigenvalue weighted by Gasteiger charge is 2.29. The van der Waals surface area contributed by atoms with Crippen molar-refractivity contribution >= 4 is 18.2 Å². The number of hydrogen-bond acceptors (Lipinski definition) is 2. The number of rotatable bonds is 1. The number of fused-ring (bicyclic) bond motifs is 2. The SMILES string of the molecule is CC(=O)C1=CCCC2CCC1N2.Cl. The van der Waals surface area contributed by atoms with Crippen LogP contribution in [0, 0.1) is 0 Å². The zero-order valence-corrected chi connectivity index (χ0v) is 8.69. The molecule has 2 bridgehead atoms. The second-order valence-corrected chi connectivity index (χ2v) is 3.79. The zero-order chi connectivity index (χ0) is 8.55. The maximum absolute atomic E-state index is 11.2. The molecule has 0 aliphatic carbocycles. The quantitative estimate of drug-likeness (QED) is 0.702. The molecule has 0 aromatic carbocycles. The van der Waals surface area contributed by atoms with Crippen molar-refractivity contribution in [3.05, 3.63) is 11.6 Å². The monoisotopic (exact) mass is 201 g/mol. The van der Waals surface area contributed by atoms with Gasteiger partial charge < -0.3 is 5.32 Å². The molecule has 13 heavy (non-hydrogen) atoms. The number of ketones is 1. The molecule has 2 nitrogen and oxygen atoms in total. The smallest absolute Gasteiger partial charge is 0.157 e. The highest BCUT2D eigenvalue weighted by atomic mass is 35.5. The molecule has 1 N–H and O–H groups in total. The van der Waals surface area contributed by atoms with E-state index in [0.717, 1.165) is 18.4 Å². The summed E-state index contributed by atoms with van der Waals surface area (Å²) in [6.07, 6.45) is 6.79. The molecule has 0 amide bonds. The van der Waals surface area contributed by atoms with Gasteiger partial charge in [0.25, 0.3) is 0 Å². The lowest BCUT2D eigenvalue weighted by Crippen LogP contribution is -2.30. The first-order chi connectivity index (χ1) is 5.77. The molecular weight excluding hydrogens is 186 g/mol. The van der Waals surface area contributed by atoms with E-state index in [2.05, 4.69) is 11.4 Å². The number of Topliss-reactive ketones (excluding diaryl/α,β-unsaturated/α-hetero) is 1. The molecule has 2 rings (SSSR count). The minimum Gasteiger partial charge on any atom is -0.307 e. The Morgan fingerprint density at radius 1 is 1.46 bits per heavy atom. The maximum atomic E-state index is 11.2. The fourth-order valence-electron chi connectivity index (χ4n) is 2.26. The summed E-state index contributed by atoms with van der Waals surface area (Å²) in [5.74, 6) is 0.245. The molecule has 2 heterocycles. The Morgan fingerprint density at radius 3 is 2.92 bits per heavy atom. The molecule has 2 unspecified atom stereocenters. The fraction of sp³-hybridized carbons (Fsp3) is 0.700. The van der Waals surface area contributed by atoms with E-state index in [-0.39, 0.29) is 18.2 Å². The van der Waals surface area contributed by atoms with Crippen LogP contribution in [0.5, 0.6) is 0 Å². The number of nitrogens with one attached hydrogen (secondary N) is 1. The topological polar surface area (TPSA) is 29.1 Å². The van der Waals surface area contributed by atoms with E-state index in [0.29, 0.717) is 12.1 Å². The molecule has 0 saturated carbocycles. The van der Waals surface area contributed by atoms with E-state index in [1.54, 1.807) is 6.92 Å². The van der Waals surface area contributed by atoms with Crippen LogP contribution in [-0.4, -0.2) is 17.9 Å². The minimum absolute atomic E-state index is 0. The van der Waals surface area contributed by atoms with Crippen LogP contribution in [0.4, 0.5) is 0 Å². The predicted octanol–water partition coefficient (Wildman–Crippen LogP) is 1.84. The molecule has 1 saturated heterocycles. The van der Waals surface area contributed by atoms with Crippen molar-refractivity contribution in [2.75, 3.05) is 0 Å². The van der Waals surface area contributed by atoms with Crippen LogP contribution in [0.2, 0.25) is 0 Å². The van der Waals surface area contributed by atoms with Crippen molar-refractivity contribution in [3.8, 4) is 0 Å². The molecule has 2 atom stereocenters. The Bertz CT molecular complexity index is 237. The second kappa shape index (κ2) is 4.25. The van der Waals surface area contributed by atoms with Gasteiger partial charge in [-0.3, -0.25) is 4.79 Å². The van der Waals surface area contributed by atoms with Gasteiger partial charge in [0.2, 0.25) is 0 Å². The number of carbonyl (C=O) groups excluding carboxylic acids is 1. The molecule has 0 aromatic heterocycles. The standard InChI is InChI=1S/C10H15NO.ClH/c1-7(12)9-4-2-3-8-5-6-10(9)11-8;/h4,8,10-11H,2-3,5-6H2,1H3;1H. The van der Waals surface area contributed by atoms with Gasteiger partial charge in [-0.2, -0.15) is 0 Å². The molecule has 0 aromatic rings. The van der Waals surface area contributed by atoms with Crippen LogP contribution in [-0.2, 0) is 4.79 Å². The molecule has 74 valence electrons. The molecule has 0 spiro atoms. The third-order valence-corrected chi connectivity index (χ3v) is 2.90. The van der Waals surface area contributed by atoms with E-state index in [1.807, 2.05) is 0 Å². The van der Waals surface area contributed by atoms with Gasteiger partial charge in [-0.05, 0) is 32.6 Å². The summed E-state index contributed by atoms with van der Waals surface area (Å²) in [6, 6.07) is 1.04. The lowest BCUT2D eigenvalue weighted by molar-refractivity contribution is -0.113. The number of carbonyl (C=O) groups is 1. The van der Waals surface area contributed by atoms with Crippen LogP contribution in [0.15, 0.2) is 11.6 Å². The van der Waals surface area contributed by atoms with Gasteiger partial charge in [0.1, 0.15) is 0 Å². The molecular formula is C10H16ClNO. The third-order valence-electron chi connectivity index (χ3n) is 2.90.